The van der Waals surface area contributed by atoms with Crippen LogP contribution < -0.4 is 0 Å². The summed E-state index contributed by atoms with van der Waals surface area (Å²) in [5.41, 5.74) is 3.51. The first kappa shape index (κ1) is 14.0. The number of benzene rings is 2. The molecule has 0 amide bonds. The first-order valence-electron chi connectivity index (χ1n) is 7.74. The van der Waals surface area contributed by atoms with Crippen LogP contribution in [0.4, 0.5) is 0 Å². The SMILES string of the molecule is COC(=O)C1CN1Cc1cc2ccccc2n1-c1ccccc1. The van der Waals surface area contributed by atoms with Crippen molar-refractivity contribution in [3.63, 3.8) is 0 Å². The van der Waals surface area contributed by atoms with Gasteiger partial charge in [0, 0.05) is 29.9 Å². The van der Waals surface area contributed by atoms with E-state index in [1.54, 1.807) is 0 Å². The maximum Gasteiger partial charge on any atom is 0.324 e. The van der Waals surface area contributed by atoms with Gasteiger partial charge < -0.3 is 9.30 Å². The molecule has 2 heterocycles. The maximum atomic E-state index is 11.6. The predicted octanol–water partition coefficient (Wildman–Crippen LogP) is 2.99. The fraction of sp³-hybridized carbons (Fsp3) is 0.211. The number of aromatic nitrogens is 1. The van der Waals surface area contributed by atoms with E-state index in [-0.39, 0.29) is 12.0 Å². The molecule has 4 rings (SSSR count). The van der Waals surface area contributed by atoms with Crippen molar-refractivity contribution in [3.05, 3.63) is 66.4 Å². The summed E-state index contributed by atoms with van der Waals surface area (Å²) >= 11 is 0. The molecular weight excluding hydrogens is 288 g/mol. The van der Waals surface area contributed by atoms with Gasteiger partial charge in [-0.1, -0.05) is 36.4 Å². The average Bonchev–Trinajstić information content (AvgIpc) is 3.26. The highest BCUT2D eigenvalue weighted by molar-refractivity contribution is 5.83. The van der Waals surface area contributed by atoms with Crippen molar-refractivity contribution in [3.8, 4) is 5.69 Å². The zero-order valence-electron chi connectivity index (χ0n) is 13.0. The summed E-state index contributed by atoms with van der Waals surface area (Å²) < 4.78 is 7.09. The van der Waals surface area contributed by atoms with Crippen molar-refractivity contribution >= 4 is 16.9 Å². The molecule has 1 aromatic heterocycles. The lowest BCUT2D eigenvalue weighted by Crippen LogP contribution is -2.15. The summed E-state index contributed by atoms with van der Waals surface area (Å²) in [6, 6.07) is 20.8. The van der Waals surface area contributed by atoms with Crippen LogP contribution in [-0.4, -0.2) is 35.1 Å². The number of nitrogens with zero attached hydrogens (tertiary/aromatic N) is 2. The van der Waals surface area contributed by atoms with Crippen molar-refractivity contribution in [2.24, 2.45) is 0 Å². The first-order chi connectivity index (χ1) is 11.3. The summed E-state index contributed by atoms with van der Waals surface area (Å²) in [7, 11) is 1.44. The Morgan fingerprint density at radius 1 is 1.13 bits per heavy atom. The molecule has 1 saturated heterocycles. The minimum atomic E-state index is -0.146. The van der Waals surface area contributed by atoms with Gasteiger partial charge in [0.25, 0.3) is 0 Å². The fourth-order valence-corrected chi connectivity index (χ4v) is 3.13. The number of fused-ring (bicyclic) bond motifs is 1. The molecule has 0 saturated carbocycles. The molecule has 23 heavy (non-hydrogen) atoms. The van der Waals surface area contributed by atoms with Crippen LogP contribution in [0.2, 0.25) is 0 Å². The number of rotatable bonds is 4. The van der Waals surface area contributed by atoms with Crippen LogP contribution in [0, 0.1) is 0 Å². The van der Waals surface area contributed by atoms with E-state index in [9.17, 15) is 4.79 Å². The minimum absolute atomic E-state index is 0.0952. The van der Waals surface area contributed by atoms with Crippen LogP contribution in [0.15, 0.2) is 60.7 Å². The van der Waals surface area contributed by atoms with Crippen molar-refractivity contribution < 1.29 is 9.53 Å². The summed E-state index contributed by atoms with van der Waals surface area (Å²) in [5, 5.41) is 1.21. The third-order valence-corrected chi connectivity index (χ3v) is 4.35. The lowest BCUT2D eigenvalue weighted by molar-refractivity contribution is -0.140. The molecule has 1 fully saturated rings. The molecule has 0 bridgehead atoms. The highest BCUT2D eigenvalue weighted by Gasteiger charge is 2.41. The van der Waals surface area contributed by atoms with E-state index in [1.807, 2.05) is 18.2 Å². The van der Waals surface area contributed by atoms with E-state index < -0.39 is 0 Å². The Morgan fingerprint density at radius 2 is 1.87 bits per heavy atom. The summed E-state index contributed by atoms with van der Waals surface area (Å²) in [5.74, 6) is -0.146. The molecule has 4 nitrogen and oxygen atoms in total. The highest BCUT2D eigenvalue weighted by Crippen LogP contribution is 2.29. The lowest BCUT2D eigenvalue weighted by atomic mass is 10.2. The summed E-state index contributed by atoms with van der Waals surface area (Å²) in [4.78, 5) is 13.8. The van der Waals surface area contributed by atoms with Gasteiger partial charge >= 0.3 is 5.97 Å². The average molecular weight is 306 g/mol. The number of hydrogen-bond donors (Lipinski definition) is 0. The van der Waals surface area contributed by atoms with Crippen LogP contribution in [0.3, 0.4) is 0 Å². The van der Waals surface area contributed by atoms with Crippen molar-refractivity contribution in [2.45, 2.75) is 12.6 Å². The smallest absolute Gasteiger partial charge is 0.324 e. The zero-order chi connectivity index (χ0) is 15.8. The second-order valence-corrected chi connectivity index (χ2v) is 5.83. The van der Waals surface area contributed by atoms with E-state index in [4.69, 9.17) is 4.74 Å². The number of para-hydroxylation sites is 2. The number of methoxy groups -OCH3 is 1. The zero-order valence-corrected chi connectivity index (χ0v) is 13.0. The van der Waals surface area contributed by atoms with E-state index in [0.29, 0.717) is 0 Å². The fourth-order valence-electron chi connectivity index (χ4n) is 3.13. The molecule has 4 heteroatoms. The van der Waals surface area contributed by atoms with Crippen molar-refractivity contribution in [1.29, 1.82) is 0 Å². The molecule has 116 valence electrons. The maximum absolute atomic E-state index is 11.6. The van der Waals surface area contributed by atoms with Gasteiger partial charge in [-0.25, -0.2) is 0 Å². The normalized spacial score (nSPS) is 19.7. The Morgan fingerprint density at radius 3 is 2.65 bits per heavy atom. The lowest BCUT2D eigenvalue weighted by Gasteiger charge is -2.11. The van der Waals surface area contributed by atoms with E-state index in [0.717, 1.165) is 18.8 Å². The molecule has 2 aromatic carbocycles. The monoisotopic (exact) mass is 306 g/mol. The minimum Gasteiger partial charge on any atom is -0.468 e. The van der Waals surface area contributed by atoms with Gasteiger partial charge in [-0.2, -0.15) is 0 Å². The van der Waals surface area contributed by atoms with Crippen LogP contribution in [-0.2, 0) is 16.1 Å². The highest BCUT2D eigenvalue weighted by atomic mass is 16.5. The Kier molecular flexibility index (Phi) is 3.39. The van der Waals surface area contributed by atoms with Gasteiger partial charge in [-0.15, -0.1) is 0 Å². The van der Waals surface area contributed by atoms with E-state index >= 15 is 0 Å². The third kappa shape index (κ3) is 2.51. The Hall–Kier alpha value is -2.59. The van der Waals surface area contributed by atoms with Gasteiger partial charge in [0.2, 0.25) is 0 Å². The second kappa shape index (κ2) is 5.56. The predicted molar refractivity (Wildman–Crippen MR) is 89.5 cm³/mol. The first-order valence-corrected chi connectivity index (χ1v) is 7.74. The van der Waals surface area contributed by atoms with Gasteiger partial charge in [-0.3, -0.25) is 9.69 Å². The molecule has 1 aliphatic rings. The van der Waals surface area contributed by atoms with Crippen molar-refractivity contribution in [1.82, 2.24) is 9.47 Å². The van der Waals surface area contributed by atoms with E-state index in [1.165, 1.54) is 23.7 Å². The summed E-state index contributed by atoms with van der Waals surface area (Å²) in [6.45, 7) is 1.51. The van der Waals surface area contributed by atoms with Gasteiger partial charge in [-0.05, 0) is 24.3 Å². The third-order valence-electron chi connectivity index (χ3n) is 4.35. The molecule has 0 radical (unpaired) electrons. The van der Waals surface area contributed by atoms with Gasteiger partial charge in [0.1, 0.15) is 6.04 Å². The second-order valence-electron chi connectivity index (χ2n) is 5.83. The number of carbonyl (C=O) groups excluding carboxylic acids is 1. The molecule has 0 aliphatic carbocycles. The Labute approximate surface area is 134 Å². The van der Waals surface area contributed by atoms with Crippen LogP contribution >= 0.6 is 0 Å². The molecule has 3 aromatic rings. The number of carbonyl (C=O) groups is 1. The standard InChI is InChI=1S/C19H18N2O2/c1-23-19(22)18-13-20(18)12-16-11-14-7-5-6-10-17(14)21(16)15-8-3-2-4-9-15/h2-11,18H,12-13H2,1H3. The molecule has 0 N–H and O–H groups in total. The Balaban J connectivity index is 1.73. The quantitative estimate of drug-likeness (QED) is 0.549. The van der Waals surface area contributed by atoms with E-state index in [2.05, 4.69) is 51.9 Å². The molecular formula is C19H18N2O2. The van der Waals surface area contributed by atoms with Crippen LogP contribution in [0.1, 0.15) is 5.69 Å². The molecule has 2 unspecified atom stereocenters. The topological polar surface area (TPSA) is 34.2 Å². The van der Waals surface area contributed by atoms with Crippen LogP contribution in [0.25, 0.3) is 16.6 Å². The number of ether oxygens (including phenoxy) is 1. The largest absolute Gasteiger partial charge is 0.468 e. The van der Waals surface area contributed by atoms with Gasteiger partial charge in [0.05, 0.1) is 12.6 Å². The molecule has 0 spiro atoms. The molecule has 2 atom stereocenters. The number of esters is 1. The summed E-state index contributed by atoms with van der Waals surface area (Å²) in [6.07, 6.45) is 0. The van der Waals surface area contributed by atoms with Crippen LogP contribution in [0.5, 0.6) is 0 Å². The van der Waals surface area contributed by atoms with Gasteiger partial charge in [0.15, 0.2) is 0 Å². The number of hydrogen-bond acceptors (Lipinski definition) is 3. The Bertz CT molecular complexity index is 854. The van der Waals surface area contributed by atoms with Crippen molar-refractivity contribution in [2.75, 3.05) is 13.7 Å². The molecule has 1 aliphatic heterocycles.